The van der Waals surface area contributed by atoms with E-state index in [1.807, 2.05) is 31.2 Å². The average Bonchev–Trinajstić information content (AvgIpc) is 3.43. The number of Topliss-reactive ketones (excluding diaryl/α,β-unsaturated/α-hetero) is 1. The number of furan rings is 1. The van der Waals surface area contributed by atoms with Crippen LogP contribution in [-0.4, -0.2) is 28.3 Å². The maximum Gasteiger partial charge on any atom is 0.296 e. The Bertz CT molecular complexity index is 1200. The molecule has 1 aliphatic heterocycles. The minimum atomic E-state index is -0.771. The summed E-state index contributed by atoms with van der Waals surface area (Å²) in [6.45, 7) is 4.36. The number of aliphatic hydroxyl groups is 1. The lowest BCUT2D eigenvalue weighted by atomic mass is 9.94. The molecule has 1 aliphatic rings. The highest BCUT2D eigenvalue weighted by Crippen LogP contribution is 2.41. The van der Waals surface area contributed by atoms with Gasteiger partial charge in [0.15, 0.2) is 0 Å². The normalized spacial score (nSPS) is 17.5. The van der Waals surface area contributed by atoms with Crippen molar-refractivity contribution in [3.63, 3.8) is 0 Å². The monoisotopic (exact) mass is 465 g/mol. The predicted octanol–water partition coefficient (Wildman–Crippen LogP) is 5.52. The lowest BCUT2D eigenvalue weighted by molar-refractivity contribution is -0.140. The molecule has 7 heteroatoms. The molecular formula is C26H24ClNO5. The van der Waals surface area contributed by atoms with Gasteiger partial charge in [-0.2, -0.15) is 0 Å². The molecular weight excluding hydrogens is 442 g/mol. The molecule has 3 aromatic rings. The molecule has 0 aliphatic carbocycles. The topological polar surface area (TPSA) is 80.0 Å². The predicted molar refractivity (Wildman–Crippen MR) is 125 cm³/mol. The van der Waals surface area contributed by atoms with Crippen LogP contribution in [0.3, 0.4) is 0 Å². The number of benzene rings is 2. The fourth-order valence-electron chi connectivity index (χ4n) is 3.97. The summed E-state index contributed by atoms with van der Waals surface area (Å²) < 4.78 is 10.9. The number of hydrogen-bond acceptors (Lipinski definition) is 5. The Balaban J connectivity index is 1.85. The van der Waals surface area contributed by atoms with Gasteiger partial charge in [0.25, 0.3) is 11.7 Å². The largest absolute Gasteiger partial charge is 0.507 e. The molecule has 1 N–H and O–H groups in total. The number of carbonyl (C=O) groups is 2. The van der Waals surface area contributed by atoms with E-state index in [4.69, 9.17) is 20.8 Å². The summed E-state index contributed by atoms with van der Waals surface area (Å²) in [7, 11) is 0. The number of nitrogens with zero attached hydrogens (tertiary/aromatic N) is 1. The van der Waals surface area contributed by atoms with Gasteiger partial charge >= 0.3 is 0 Å². The molecule has 1 atom stereocenters. The molecule has 4 rings (SSSR count). The van der Waals surface area contributed by atoms with Crippen LogP contribution in [0.5, 0.6) is 5.75 Å². The number of rotatable bonds is 7. The number of amides is 1. The van der Waals surface area contributed by atoms with Crippen LogP contribution in [0.1, 0.15) is 42.3 Å². The highest BCUT2D eigenvalue weighted by molar-refractivity contribution is 6.46. The number of carbonyl (C=O) groups excluding carboxylic acids is 2. The Morgan fingerprint density at radius 3 is 2.52 bits per heavy atom. The lowest BCUT2D eigenvalue weighted by Gasteiger charge is -2.24. The van der Waals surface area contributed by atoms with Crippen molar-refractivity contribution in [1.29, 1.82) is 0 Å². The molecule has 1 fully saturated rings. The Labute approximate surface area is 197 Å². The second-order valence-corrected chi connectivity index (χ2v) is 8.09. The van der Waals surface area contributed by atoms with Crippen LogP contribution in [0, 0.1) is 0 Å². The van der Waals surface area contributed by atoms with E-state index in [1.54, 1.807) is 30.3 Å². The SMILES string of the molecule is CCOc1cc(/C(O)=C2/C(=O)C(=O)N(Cc3ccco3)C2c2ccc(CC)cc2)ccc1Cl. The highest BCUT2D eigenvalue weighted by atomic mass is 35.5. The van der Waals surface area contributed by atoms with E-state index >= 15 is 0 Å². The number of hydrogen-bond donors (Lipinski definition) is 1. The molecule has 0 spiro atoms. The van der Waals surface area contributed by atoms with Crippen molar-refractivity contribution in [3.8, 4) is 5.75 Å². The van der Waals surface area contributed by atoms with Gasteiger partial charge in [0.05, 0.1) is 36.1 Å². The molecule has 1 amide bonds. The summed E-state index contributed by atoms with van der Waals surface area (Å²) in [5.74, 6) is -0.806. The molecule has 33 heavy (non-hydrogen) atoms. The van der Waals surface area contributed by atoms with Crippen molar-refractivity contribution in [1.82, 2.24) is 4.90 Å². The first-order chi connectivity index (χ1) is 15.9. The molecule has 1 aromatic heterocycles. The van der Waals surface area contributed by atoms with Gasteiger partial charge in [0, 0.05) is 5.56 Å². The van der Waals surface area contributed by atoms with Crippen molar-refractivity contribution in [2.75, 3.05) is 6.61 Å². The van der Waals surface area contributed by atoms with E-state index in [1.165, 1.54) is 11.2 Å². The standard InChI is InChI=1S/C26H24ClNO5/c1-3-16-7-9-17(10-8-16)23-22(24(29)18-11-12-20(27)21(14-18)32-4-2)25(30)26(31)28(23)15-19-6-5-13-33-19/h5-14,23,29H,3-4,15H2,1-2H3/b24-22-. The Hall–Kier alpha value is -3.51. The van der Waals surface area contributed by atoms with E-state index in [2.05, 4.69) is 6.92 Å². The highest BCUT2D eigenvalue weighted by Gasteiger charge is 2.46. The molecule has 2 heterocycles. The van der Waals surface area contributed by atoms with Crippen molar-refractivity contribution in [2.24, 2.45) is 0 Å². The van der Waals surface area contributed by atoms with Gasteiger partial charge in [-0.25, -0.2) is 0 Å². The third-order valence-electron chi connectivity index (χ3n) is 5.65. The molecule has 1 saturated heterocycles. The molecule has 6 nitrogen and oxygen atoms in total. The van der Waals surface area contributed by atoms with Gasteiger partial charge in [0.1, 0.15) is 17.3 Å². The molecule has 1 unspecified atom stereocenters. The quantitative estimate of drug-likeness (QED) is 0.282. The first-order valence-corrected chi connectivity index (χ1v) is 11.1. The van der Waals surface area contributed by atoms with Gasteiger partial charge in [-0.05, 0) is 54.8 Å². The zero-order chi connectivity index (χ0) is 23.5. The van der Waals surface area contributed by atoms with E-state index < -0.39 is 17.7 Å². The van der Waals surface area contributed by atoms with Crippen LogP contribution in [-0.2, 0) is 22.6 Å². The number of aliphatic hydroxyl groups excluding tert-OH is 1. The van der Waals surface area contributed by atoms with Crippen molar-refractivity contribution in [3.05, 3.63) is 93.9 Å². The van der Waals surface area contributed by atoms with Crippen LogP contribution >= 0.6 is 11.6 Å². The summed E-state index contributed by atoms with van der Waals surface area (Å²) in [6.07, 6.45) is 2.37. The second-order valence-electron chi connectivity index (χ2n) is 7.68. The zero-order valence-electron chi connectivity index (χ0n) is 18.4. The first-order valence-electron chi connectivity index (χ1n) is 10.8. The third kappa shape index (κ3) is 4.39. The molecule has 170 valence electrons. The van der Waals surface area contributed by atoms with Crippen molar-refractivity contribution >= 4 is 29.1 Å². The summed E-state index contributed by atoms with van der Waals surface area (Å²) in [6, 6.07) is 15.1. The maximum absolute atomic E-state index is 13.1. The summed E-state index contributed by atoms with van der Waals surface area (Å²) in [5.41, 5.74) is 2.20. The number of halogens is 1. The first kappa shape index (κ1) is 22.7. The van der Waals surface area contributed by atoms with Gasteiger partial charge < -0.3 is 19.2 Å². The average molecular weight is 466 g/mol. The van der Waals surface area contributed by atoms with Crippen LogP contribution in [0.15, 0.2) is 70.9 Å². The van der Waals surface area contributed by atoms with Crippen LogP contribution in [0.25, 0.3) is 5.76 Å². The van der Waals surface area contributed by atoms with E-state index in [-0.39, 0.29) is 17.9 Å². The minimum Gasteiger partial charge on any atom is -0.507 e. The molecule has 0 saturated carbocycles. The minimum absolute atomic E-state index is 0.0144. The fraction of sp³-hybridized carbons (Fsp3) is 0.231. The van der Waals surface area contributed by atoms with Crippen LogP contribution in [0.4, 0.5) is 0 Å². The molecule has 2 aromatic carbocycles. The van der Waals surface area contributed by atoms with Crippen LogP contribution in [0.2, 0.25) is 5.02 Å². The van der Waals surface area contributed by atoms with Crippen LogP contribution < -0.4 is 4.74 Å². The maximum atomic E-state index is 13.1. The van der Waals surface area contributed by atoms with E-state index in [0.29, 0.717) is 28.7 Å². The van der Waals surface area contributed by atoms with E-state index in [9.17, 15) is 14.7 Å². The number of likely N-dealkylation sites (tertiary alicyclic amines) is 1. The summed E-state index contributed by atoms with van der Waals surface area (Å²) >= 11 is 6.18. The van der Waals surface area contributed by atoms with Crippen molar-refractivity contribution < 1.29 is 23.8 Å². The van der Waals surface area contributed by atoms with Gasteiger partial charge in [-0.3, -0.25) is 9.59 Å². The third-order valence-corrected chi connectivity index (χ3v) is 5.97. The van der Waals surface area contributed by atoms with Gasteiger partial charge in [0.2, 0.25) is 0 Å². The molecule has 0 bridgehead atoms. The Kier molecular flexibility index (Phi) is 6.56. The number of ether oxygens (including phenoxy) is 1. The van der Waals surface area contributed by atoms with E-state index in [0.717, 1.165) is 17.5 Å². The smallest absolute Gasteiger partial charge is 0.296 e. The van der Waals surface area contributed by atoms with Crippen molar-refractivity contribution in [2.45, 2.75) is 32.9 Å². The zero-order valence-corrected chi connectivity index (χ0v) is 19.1. The van der Waals surface area contributed by atoms with Gasteiger partial charge in [-0.15, -0.1) is 0 Å². The van der Waals surface area contributed by atoms with Gasteiger partial charge in [-0.1, -0.05) is 42.8 Å². The lowest BCUT2D eigenvalue weighted by Crippen LogP contribution is -2.29. The second kappa shape index (κ2) is 9.55. The summed E-state index contributed by atoms with van der Waals surface area (Å²) in [5, 5.41) is 11.6. The Morgan fingerprint density at radius 2 is 1.88 bits per heavy atom. The number of ketones is 1. The Morgan fingerprint density at radius 1 is 1.12 bits per heavy atom. The molecule has 0 radical (unpaired) electrons. The summed E-state index contributed by atoms with van der Waals surface area (Å²) in [4.78, 5) is 27.6. The number of aryl methyl sites for hydroxylation is 1. The fourth-order valence-corrected chi connectivity index (χ4v) is 4.14.